The summed E-state index contributed by atoms with van der Waals surface area (Å²) in [5.74, 6) is -0.200. The molecule has 11 heteroatoms. The van der Waals surface area contributed by atoms with Gasteiger partial charge in [0.2, 0.25) is 10.0 Å². The third kappa shape index (κ3) is 2.87. The van der Waals surface area contributed by atoms with Gasteiger partial charge in [-0.2, -0.15) is 14.5 Å². The monoisotopic (exact) mass is 416 g/mol. The van der Waals surface area contributed by atoms with Gasteiger partial charge >= 0.3 is 0 Å². The molecule has 0 radical (unpaired) electrons. The first-order chi connectivity index (χ1) is 11.3. The topological polar surface area (TPSA) is 104 Å². The van der Waals surface area contributed by atoms with E-state index in [1.165, 1.54) is 21.4 Å². The molecular formula is C13H17BrN6O3S. The highest BCUT2D eigenvalue weighted by atomic mass is 79.9. The number of H-pyrrole nitrogens is 1. The molecule has 130 valence electrons. The van der Waals surface area contributed by atoms with Gasteiger partial charge in [-0.15, -0.1) is 0 Å². The number of piperazine rings is 1. The number of rotatable bonds is 3. The number of nitrogens with zero attached hydrogens (tertiary/aromatic N) is 5. The zero-order valence-corrected chi connectivity index (χ0v) is 15.6. The molecule has 3 rings (SSSR count). The standard InChI is InChI=1S/C13H17BrN6O3S/c1-9-11(8-16-18(9)2)24(22,23)20-5-3-19(4-6-20)13(21)12-10(14)7-15-17-12/h7-8H,3-6H2,1-2H3,(H,15,17). The Kier molecular flexibility index (Phi) is 4.49. The predicted octanol–water partition coefficient (Wildman–Crippen LogP) is 0.361. The first-order valence-corrected chi connectivity index (χ1v) is 9.52. The van der Waals surface area contributed by atoms with Crippen LogP contribution < -0.4 is 0 Å². The van der Waals surface area contributed by atoms with E-state index in [4.69, 9.17) is 0 Å². The van der Waals surface area contributed by atoms with Gasteiger partial charge in [0, 0.05) is 33.2 Å². The van der Waals surface area contributed by atoms with E-state index in [0.717, 1.165) is 0 Å². The van der Waals surface area contributed by atoms with Crippen molar-refractivity contribution in [2.45, 2.75) is 11.8 Å². The van der Waals surface area contributed by atoms with Crippen molar-refractivity contribution in [1.29, 1.82) is 0 Å². The molecule has 0 bridgehead atoms. The van der Waals surface area contributed by atoms with Crippen LogP contribution in [0.2, 0.25) is 0 Å². The number of carbonyl (C=O) groups is 1. The van der Waals surface area contributed by atoms with Gasteiger partial charge in [0.1, 0.15) is 10.6 Å². The molecule has 1 aliphatic heterocycles. The minimum Gasteiger partial charge on any atom is -0.335 e. The summed E-state index contributed by atoms with van der Waals surface area (Å²) in [7, 11) is -1.90. The molecule has 0 atom stereocenters. The van der Waals surface area contributed by atoms with Crippen LogP contribution in [0.25, 0.3) is 0 Å². The van der Waals surface area contributed by atoms with Crippen molar-refractivity contribution in [3.63, 3.8) is 0 Å². The lowest BCUT2D eigenvalue weighted by Gasteiger charge is -2.33. The van der Waals surface area contributed by atoms with Crippen LogP contribution in [0.4, 0.5) is 0 Å². The third-order valence-corrected chi connectivity index (χ3v) is 6.74. The van der Waals surface area contributed by atoms with Gasteiger partial charge in [-0.25, -0.2) is 8.42 Å². The molecule has 1 aliphatic rings. The average molecular weight is 417 g/mol. The van der Waals surface area contributed by atoms with Crippen molar-refractivity contribution >= 4 is 31.9 Å². The van der Waals surface area contributed by atoms with Gasteiger partial charge in [-0.1, -0.05) is 0 Å². The minimum atomic E-state index is -3.60. The average Bonchev–Trinajstić information content (AvgIpc) is 3.13. The highest BCUT2D eigenvalue weighted by molar-refractivity contribution is 9.10. The first-order valence-electron chi connectivity index (χ1n) is 7.29. The maximum atomic E-state index is 12.7. The van der Waals surface area contributed by atoms with Crippen LogP contribution >= 0.6 is 15.9 Å². The molecule has 2 aromatic rings. The van der Waals surface area contributed by atoms with E-state index >= 15 is 0 Å². The molecule has 9 nitrogen and oxygen atoms in total. The minimum absolute atomic E-state index is 0.200. The summed E-state index contributed by atoms with van der Waals surface area (Å²) in [5.41, 5.74) is 0.962. The zero-order chi connectivity index (χ0) is 17.5. The second kappa shape index (κ2) is 6.30. The van der Waals surface area contributed by atoms with Gasteiger partial charge in [-0.05, 0) is 22.9 Å². The molecule has 0 saturated carbocycles. The molecule has 1 N–H and O–H groups in total. The second-order valence-electron chi connectivity index (χ2n) is 5.51. The summed E-state index contributed by atoms with van der Waals surface area (Å²) in [6.45, 7) is 2.85. The van der Waals surface area contributed by atoms with Crippen LogP contribution in [0.5, 0.6) is 0 Å². The Bertz CT molecular complexity index is 866. The lowest BCUT2D eigenvalue weighted by Crippen LogP contribution is -2.50. The van der Waals surface area contributed by atoms with Gasteiger partial charge in [0.15, 0.2) is 0 Å². The number of aromatic amines is 1. The number of nitrogens with one attached hydrogen (secondary N) is 1. The molecule has 24 heavy (non-hydrogen) atoms. The van der Waals surface area contributed by atoms with E-state index in [-0.39, 0.29) is 23.9 Å². The summed E-state index contributed by atoms with van der Waals surface area (Å²) in [6.07, 6.45) is 2.88. The quantitative estimate of drug-likeness (QED) is 0.777. The van der Waals surface area contributed by atoms with Crippen molar-refractivity contribution in [3.05, 3.63) is 28.3 Å². The number of halogens is 1. The fourth-order valence-electron chi connectivity index (χ4n) is 2.58. The third-order valence-electron chi connectivity index (χ3n) is 4.14. The molecule has 2 aromatic heterocycles. The number of sulfonamides is 1. The number of hydrogen-bond donors (Lipinski definition) is 1. The fourth-order valence-corrected chi connectivity index (χ4v) is 4.55. The van der Waals surface area contributed by atoms with E-state index in [9.17, 15) is 13.2 Å². The molecular weight excluding hydrogens is 400 g/mol. The van der Waals surface area contributed by atoms with E-state index in [2.05, 4.69) is 31.2 Å². The Balaban J connectivity index is 1.72. The lowest BCUT2D eigenvalue weighted by molar-refractivity contribution is 0.0691. The zero-order valence-electron chi connectivity index (χ0n) is 13.2. The molecule has 3 heterocycles. The van der Waals surface area contributed by atoms with Crippen LogP contribution in [0.3, 0.4) is 0 Å². The number of carbonyl (C=O) groups excluding carboxylic acids is 1. The highest BCUT2D eigenvalue weighted by Gasteiger charge is 2.33. The van der Waals surface area contributed by atoms with Crippen molar-refractivity contribution in [3.8, 4) is 0 Å². The van der Waals surface area contributed by atoms with Gasteiger partial charge in [0.25, 0.3) is 5.91 Å². The normalized spacial score (nSPS) is 16.5. The summed E-state index contributed by atoms with van der Waals surface area (Å²) >= 11 is 3.26. The largest absolute Gasteiger partial charge is 0.335 e. The number of amides is 1. The van der Waals surface area contributed by atoms with Gasteiger partial charge in [-0.3, -0.25) is 14.6 Å². The summed E-state index contributed by atoms with van der Waals surface area (Å²) < 4.78 is 29.0. The molecule has 0 aromatic carbocycles. The SMILES string of the molecule is Cc1c(S(=O)(=O)N2CCN(C(=O)c3[nH]ncc3Br)CC2)cnn1C. The molecule has 1 amide bonds. The first kappa shape index (κ1) is 17.1. The van der Waals surface area contributed by atoms with Crippen LogP contribution in [-0.4, -0.2) is 69.7 Å². The predicted molar refractivity (Wildman–Crippen MR) is 88.9 cm³/mol. The summed E-state index contributed by atoms with van der Waals surface area (Å²) in [4.78, 5) is 14.2. The number of aromatic nitrogens is 4. The van der Waals surface area contributed by atoms with Crippen LogP contribution in [0.1, 0.15) is 16.2 Å². The maximum absolute atomic E-state index is 12.7. The van der Waals surface area contributed by atoms with Gasteiger partial charge in [0.05, 0.1) is 22.6 Å². The Labute approximate surface area is 147 Å². The summed E-state index contributed by atoms with van der Waals surface area (Å²) in [5, 5.41) is 10.5. The maximum Gasteiger partial charge on any atom is 0.273 e. The molecule has 1 saturated heterocycles. The number of aryl methyl sites for hydroxylation is 1. The Morgan fingerprint density at radius 3 is 2.42 bits per heavy atom. The van der Waals surface area contributed by atoms with Crippen molar-refractivity contribution in [1.82, 2.24) is 29.2 Å². The van der Waals surface area contributed by atoms with Crippen LogP contribution in [-0.2, 0) is 17.1 Å². The number of hydrogen-bond acceptors (Lipinski definition) is 5. The Morgan fingerprint density at radius 1 is 1.25 bits per heavy atom. The second-order valence-corrected chi connectivity index (χ2v) is 8.27. The van der Waals surface area contributed by atoms with Crippen molar-refractivity contribution < 1.29 is 13.2 Å². The van der Waals surface area contributed by atoms with Crippen LogP contribution in [0, 0.1) is 6.92 Å². The smallest absolute Gasteiger partial charge is 0.273 e. The van der Waals surface area contributed by atoms with Gasteiger partial charge < -0.3 is 4.90 Å². The Morgan fingerprint density at radius 2 is 1.92 bits per heavy atom. The van der Waals surface area contributed by atoms with E-state index in [1.54, 1.807) is 18.9 Å². The Hall–Kier alpha value is -1.72. The lowest BCUT2D eigenvalue weighted by atomic mass is 10.3. The van der Waals surface area contributed by atoms with Crippen LogP contribution in [0.15, 0.2) is 21.8 Å². The fraction of sp³-hybridized carbons (Fsp3) is 0.462. The van der Waals surface area contributed by atoms with E-state index < -0.39 is 10.0 Å². The van der Waals surface area contributed by atoms with Crippen molar-refractivity contribution in [2.24, 2.45) is 7.05 Å². The molecule has 1 fully saturated rings. The molecule has 0 aliphatic carbocycles. The molecule has 0 spiro atoms. The highest BCUT2D eigenvalue weighted by Crippen LogP contribution is 2.21. The van der Waals surface area contributed by atoms with Crippen molar-refractivity contribution in [2.75, 3.05) is 26.2 Å². The summed E-state index contributed by atoms with van der Waals surface area (Å²) in [6, 6.07) is 0. The molecule has 0 unspecified atom stereocenters. The van der Waals surface area contributed by atoms with E-state index in [0.29, 0.717) is 29.0 Å². The van der Waals surface area contributed by atoms with E-state index in [1.807, 2.05) is 0 Å².